The molecule has 5 fully saturated rings. The van der Waals surface area contributed by atoms with Crippen LogP contribution in [-0.2, 0) is 73.2 Å². The van der Waals surface area contributed by atoms with Gasteiger partial charge in [-0.3, -0.25) is 28.9 Å². The van der Waals surface area contributed by atoms with Crippen molar-refractivity contribution >= 4 is 59.1 Å². The van der Waals surface area contributed by atoms with Crippen LogP contribution in [0.3, 0.4) is 0 Å². The van der Waals surface area contributed by atoms with Gasteiger partial charge in [-0.05, 0) is 108 Å². The number of nitrogens with two attached hydrogens (primary N) is 1. The highest BCUT2D eigenvalue weighted by Crippen LogP contribution is 2.38. The summed E-state index contributed by atoms with van der Waals surface area (Å²) < 4.78 is 48.2. The van der Waals surface area contributed by atoms with Gasteiger partial charge in [0.1, 0.15) is 36.5 Å². The Morgan fingerprint density at radius 3 is 2.11 bits per heavy atom. The fourth-order valence-electron chi connectivity index (χ4n) is 15.3. The number of allylic oxidation sites excluding steroid dienone is 5. The SMILES string of the molecule is CO[C@H]1C[C@@H]2CC[C@@H](C)[C@@](O)(O2)C(=O)C(=O)N2CCCC[C@H]2C(=O)O[C@H]([C@H](N)C[C@@H]2CC[C@@H](OC(=O)NCc3cnc(N4CCN(C(=O)CCOCCN5CCN(c6ncc(C(C)=O)cn6)CC5)[C@@H](C(=O)O)C4)nc3)[C@H](OC)C2)C[C@@H](OC)[C@H](C)/C=C(\C)[C@@H](O)[C@@H](OC)C(=O)[C@H](C)C[C@H](C)/C=C/C=CC=C1C. The molecule has 8 rings (SSSR count). The predicted molar refractivity (Wildman–Crippen MR) is 394 cm³/mol. The molecule has 0 spiro atoms. The number of nitrogens with one attached hydrogen (secondary N) is 1. The number of cyclic esters (lactones) is 1. The first-order valence-electron chi connectivity index (χ1n) is 37.8. The molecule has 592 valence electrons. The van der Waals surface area contributed by atoms with Crippen LogP contribution in [0.5, 0.6) is 0 Å². The van der Waals surface area contributed by atoms with Crippen molar-refractivity contribution < 1.29 is 91.6 Å². The summed E-state index contributed by atoms with van der Waals surface area (Å²) in [4.78, 5) is 135. The molecule has 3 amide bonds. The predicted octanol–water partition coefficient (Wildman–Crippen LogP) is 5.37. The number of aliphatic hydroxyl groups excluding tert-OH is 1. The smallest absolute Gasteiger partial charge is 0.407 e. The number of fused-ring (bicyclic) bond motifs is 3. The third-order valence-electron chi connectivity index (χ3n) is 22.0. The zero-order valence-corrected chi connectivity index (χ0v) is 64.2. The van der Waals surface area contributed by atoms with E-state index in [1.54, 1.807) is 31.9 Å². The molecule has 4 saturated heterocycles. The number of aromatic nitrogens is 4. The Balaban J connectivity index is 0.866. The molecule has 0 unspecified atom stereocenters. The fourth-order valence-corrected chi connectivity index (χ4v) is 15.3. The highest BCUT2D eigenvalue weighted by molar-refractivity contribution is 6.39. The average molecular weight is 1500 g/mol. The van der Waals surface area contributed by atoms with E-state index in [1.165, 1.54) is 62.8 Å². The molecule has 7 heterocycles. The maximum absolute atomic E-state index is 14.9. The zero-order valence-electron chi connectivity index (χ0n) is 64.2. The molecule has 107 heavy (non-hydrogen) atoms. The molecule has 0 aromatic carbocycles. The Hall–Kier alpha value is -7.52. The Morgan fingerprint density at radius 1 is 0.748 bits per heavy atom. The lowest BCUT2D eigenvalue weighted by Crippen LogP contribution is -2.61. The fraction of sp³-hybridized carbons (Fsp3) is 0.688. The lowest BCUT2D eigenvalue weighted by atomic mass is 9.80. The standard InChI is InChI=1S/C77H115N11O19/c1-47-17-13-12-14-18-48(2)62(100-8)39-57-22-20-52(6)77(99,107-57)70(93)71(94)88-25-16-15-19-59(88)73(97)105-64(40-63(101-9)49(3)36-51(5)68(92)69(103-11)67(91)50(4)35-47)58(78)37-54-21-23-61(65(38-54)102-10)106-76(98)83-43-55-41-79-75(80-42-55)86-30-31-87(60(46-86)72(95)96)66(90)24-33-104-34-32-84-26-28-85(29-27-84)74-81-44-56(45-82-74)53(7)89/h12-14,17-18,36,41-42,44-45,47,49-50,52,54,57-65,68-69,92,99H,15-16,19-35,37-40,43,46,78H2,1-11H3,(H,83,98)(H,95,96)/b14-12?,17-13+,48-18?,51-36+/t47-,49-,50-,52-,54+,57+,58-,59+,60-,61-,62+,63-,64+,65-,68-,69+,77-/m1/s1. The third-order valence-corrected chi connectivity index (χ3v) is 22.0. The Kier molecular flexibility index (Phi) is 32.4. The van der Waals surface area contributed by atoms with E-state index in [2.05, 4.69) is 35.1 Å². The van der Waals surface area contributed by atoms with Crippen LogP contribution in [0.2, 0.25) is 0 Å². The molecule has 6 aliphatic rings. The highest BCUT2D eigenvalue weighted by Gasteiger charge is 2.53. The second-order valence-electron chi connectivity index (χ2n) is 29.7. The molecule has 0 radical (unpaired) electrons. The number of amides is 3. The number of carboxylic acids is 1. The van der Waals surface area contributed by atoms with Crippen molar-refractivity contribution in [1.82, 2.24) is 40.0 Å². The summed E-state index contributed by atoms with van der Waals surface area (Å²) in [5.41, 5.74) is 9.52. The van der Waals surface area contributed by atoms with Crippen LogP contribution in [-0.4, -0.2) is 270 Å². The number of Topliss-reactive ketones (excluding diaryl/α,β-unsaturated/α-hetero) is 3. The van der Waals surface area contributed by atoms with Gasteiger partial charge >= 0.3 is 18.0 Å². The molecule has 1 saturated carbocycles. The van der Waals surface area contributed by atoms with E-state index in [0.29, 0.717) is 107 Å². The molecule has 17 atom stereocenters. The molecule has 6 N–H and O–H groups in total. The van der Waals surface area contributed by atoms with E-state index >= 15 is 0 Å². The van der Waals surface area contributed by atoms with Gasteiger partial charge < -0.3 is 83.9 Å². The number of esters is 1. The number of piperidine rings is 1. The van der Waals surface area contributed by atoms with Crippen molar-refractivity contribution in [3.05, 3.63) is 83.5 Å². The Bertz CT molecular complexity index is 3430. The minimum atomic E-state index is -2.49. The van der Waals surface area contributed by atoms with Gasteiger partial charge in [0.25, 0.3) is 11.7 Å². The van der Waals surface area contributed by atoms with E-state index in [4.69, 9.17) is 43.6 Å². The quantitative estimate of drug-likeness (QED) is 0.0366. The number of rotatable bonds is 20. The van der Waals surface area contributed by atoms with Crippen molar-refractivity contribution in [2.45, 2.75) is 211 Å². The van der Waals surface area contributed by atoms with Crippen LogP contribution in [0.25, 0.3) is 0 Å². The minimum absolute atomic E-state index is 0.000693. The molecule has 2 aromatic rings. The number of carbonyl (C=O) groups excluding carboxylic acids is 7. The van der Waals surface area contributed by atoms with Crippen molar-refractivity contribution in [2.24, 2.45) is 35.3 Å². The van der Waals surface area contributed by atoms with Crippen LogP contribution in [0.15, 0.2) is 72.4 Å². The van der Waals surface area contributed by atoms with Gasteiger partial charge in [-0.2, -0.15) is 0 Å². The van der Waals surface area contributed by atoms with Crippen molar-refractivity contribution in [3.8, 4) is 0 Å². The molecule has 2 aromatic heterocycles. The van der Waals surface area contributed by atoms with E-state index in [0.717, 1.165) is 18.7 Å². The second kappa shape index (κ2) is 40.8. The molecule has 2 bridgehead atoms. The van der Waals surface area contributed by atoms with E-state index < -0.39 is 120 Å². The van der Waals surface area contributed by atoms with Gasteiger partial charge in [0.05, 0.1) is 56.2 Å². The summed E-state index contributed by atoms with van der Waals surface area (Å²) in [5, 5.41) is 37.0. The van der Waals surface area contributed by atoms with E-state index in [-0.39, 0.29) is 100 Å². The number of carboxylic acid groups (broad SMARTS) is 1. The first-order chi connectivity index (χ1) is 51.2. The van der Waals surface area contributed by atoms with Gasteiger partial charge in [0, 0.05) is 154 Å². The number of anilines is 2. The number of carbonyl (C=O) groups is 8. The number of piperazine rings is 2. The largest absolute Gasteiger partial charge is 0.480 e. The highest BCUT2D eigenvalue weighted by atomic mass is 16.6. The van der Waals surface area contributed by atoms with Crippen LogP contribution < -0.4 is 20.9 Å². The lowest BCUT2D eigenvalue weighted by Gasteiger charge is -2.43. The third kappa shape index (κ3) is 23.3. The molecule has 1 aliphatic carbocycles. The van der Waals surface area contributed by atoms with Crippen LogP contribution in [0.1, 0.15) is 148 Å². The van der Waals surface area contributed by atoms with Crippen molar-refractivity contribution in [3.63, 3.8) is 0 Å². The van der Waals surface area contributed by atoms with Gasteiger partial charge in [-0.25, -0.2) is 34.3 Å². The summed E-state index contributed by atoms with van der Waals surface area (Å²) in [5.74, 6) is -8.36. The lowest BCUT2D eigenvalue weighted by molar-refractivity contribution is -0.265. The molecule has 30 nitrogen and oxygen atoms in total. The maximum Gasteiger partial charge on any atom is 0.407 e. The van der Waals surface area contributed by atoms with Crippen LogP contribution in [0.4, 0.5) is 16.7 Å². The topological polar surface area (TPSA) is 377 Å². The van der Waals surface area contributed by atoms with Gasteiger partial charge in [0.15, 0.2) is 11.6 Å². The number of alkyl carbamates (subject to hydrolysis) is 1. The summed E-state index contributed by atoms with van der Waals surface area (Å²) >= 11 is 0. The number of methoxy groups -OCH3 is 4. The number of aliphatic carboxylic acids is 1. The normalized spacial score (nSPS) is 31.5. The number of hydrogen-bond donors (Lipinski definition) is 5. The van der Waals surface area contributed by atoms with Crippen LogP contribution >= 0.6 is 0 Å². The molecular formula is C77H115N11O19. The molecule has 30 heteroatoms. The number of hydrogen-bond acceptors (Lipinski definition) is 26. The summed E-state index contributed by atoms with van der Waals surface area (Å²) in [6.07, 6.45) is 14.7. The van der Waals surface area contributed by atoms with E-state index in [9.17, 15) is 53.7 Å². The molecular weight excluding hydrogens is 1380 g/mol. The van der Waals surface area contributed by atoms with Crippen LogP contribution in [0, 0.1) is 29.6 Å². The van der Waals surface area contributed by atoms with Gasteiger partial charge in [-0.1, -0.05) is 64.2 Å². The second-order valence-corrected chi connectivity index (χ2v) is 29.7. The van der Waals surface area contributed by atoms with Gasteiger partial charge in [-0.15, -0.1) is 0 Å². The van der Waals surface area contributed by atoms with E-state index in [1.807, 2.05) is 58.1 Å². The Morgan fingerprint density at radius 2 is 1.44 bits per heavy atom. The number of nitrogens with zero attached hydrogens (tertiary/aromatic N) is 9. The summed E-state index contributed by atoms with van der Waals surface area (Å²) in [6.45, 7) is 17.0. The zero-order chi connectivity index (χ0) is 77.6. The molecule has 5 aliphatic heterocycles. The average Bonchev–Trinajstić information content (AvgIpc) is 0.774. The number of ketones is 3. The maximum atomic E-state index is 14.9. The monoisotopic (exact) mass is 1500 g/mol. The van der Waals surface area contributed by atoms with Crippen molar-refractivity contribution in [1.29, 1.82) is 0 Å². The summed E-state index contributed by atoms with van der Waals surface area (Å²) in [6, 6.07) is -3.21. The van der Waals surface area contributed by atoms with Crippen molar-refractivity contribution in [2.75, 3.05) is 110 Å². The van der Waals surface area contributed by atoms with Gasteiger partial charge in [0.2, 0.25) is 23.6 Å². The number of ether oxygens (including phenoxy) is 8. The Labute approximate surface area is 628 Å². The summed E-state index contributed by atoms with van der Waals surface area (Å²) in [7, 11) is 6.00. The first-order valence-corrected chi connectivity index (χ1v) is 37.8. The first kappa shape index (κ1) is 85.1. The minimum Gasteiger partial charge on any atom is -0.480 e. The number of aliphatic hydroxyl groups is 2.